The van der Waals surface area contributed by atoms with E-state index in [9.17, 15) is 0 Å². The van der Waals surface area contributed by atoms with Crippen LogP contribution in [0.1, 0.15) is 12.0 Å². The predicted octanol–water partition coefficient (Wildman–Crippen LogP) is 4.48. The standard InChI is InChI=1S/C16H16BrNO2S/c17-12-3-2-11(14(18)8-12)10-21-13-4-5-15-16(9-13)20-7-1-6-19-15/h2-5,8-9H,1,6-7,10,18H2. The van der Waals surface area contributed by atoms with E-state index in [2.05, 4.69) is 28.1 Å². The topological polar surface area (TPSA) is 44.5 Å². The normalized spacial score (nSPS) is 13.8. The molecule has 2 N–H and O–H groups in total. The molecule has 1 aliphatic rings. The van der Waals surface area contributed by atoms with Crippen LogP contribution in [0.3, 0.4) is 0 Å². The van der Waals surface area contributed by atoms with E-state index in [1.54, 1.807) is 11.8 Å². The lowest BCUT2D eigenvalue weighted by atomic mass is 10.2. The van der Waals surface area contributed by atoms with Gasteiger partial charge in [0.1, 0.15) is 0 Å². The Morgan fingerprint density at radius 2 is 1.86 bits per heavy atom. The van der Waals surface area contributed by atoms with Crippen molar-refractivity contribution in [1.29, 1.82) is 0 Å². The summed E-state index contributed by atoms with van der Waals surface area (Å²) in [6.45, 7) is 1.43. The fourth-order valence-electron chi connectivity index (χ4n) is 2.09. The van der Waals surface area contributed by atoms with Crippen LogP contribution >= 0.6 is 27.7 Å². The summed E-state index contributed by atoms with van der Waals surface area (Å²) in [5, 5.41) is 0. The molecule has 0 radical (unpaired) electrons. The Labute approximate surface area is 137 Å². The van der Waals surface area contributed by atoms with Gasteiger partial charge in [0.05, 0.1) is 13.2 Å². The number of halogens is 1. The molecule has 0 amide bonds. The molecule has 2 aromatic rings. The first-order valence-corrected chi connectivity index (χ1v) is 8.56. The fraction of sp³-hybridized carbons (Fsp3) is 0.250. The van der Waals surface area contributed by atoms with Gasteiger partial charge in [-0.05, 0) is 35.9 Å². The number of hydrogen-bond donors (Lipinski definition) is 1. The van der Waals surface area contributed by atoms with E-state index < -0.39 is 0 Å². The smallest absolute Gasteiger partial charge is 0.162 e. The lowest BCUT2D eigenvalue weighted by Gasteiger charge is -2.10. The molecule has 1 aliphatic heterocycles. The molecule has 110 valence electrons. The molecular formula is C16H16BrNO2S. The van der Waals surface area contributed by atoms with Crippen molar-refractivity contribution in [2.75, 3.05) is 18.9 Å². The summed E-state index contributed by atoms with van der Waals surface area (Å²) < 4.78 is 12.4. The maximum atomic E-state index is 6.03. The lowest BCUT2D eigenvalue weighted by molar-refractivity contribution is 0.297. The van der Waals surface area contributed by atoms with Gasteiger partial charge in [0.25, 0.3) is 0 Å². The molecule has 1 heterocycles. The van der Waals surface area contributed by atoms with Gasteiger partial charge in [0.2, 0.25) is 0 Å². The van der Waals surface area contributed by atoms with E-state index in [0.29, 0.717) is 6.61 Å². The van der Waals surface area contributed by atoms with Crippen LogP contribution in [0.5, 0.6) is 11.5 Å². The molecule has 0 atom stereocenters. The minimum Gasteiger partial charge on any atom is -0.490 e. The number of thioether (sulfide) groups is 1. The first-order valence-electron chi connectivity index (χ1n) is 6.79. The zero-order valence-electron chi connectivity index (χ0n) is 11.5. The lowest BCUT2D eigenvalue weighted by Crippen LogP contribution is -1.97. The van der Waals surface area contributed by atoms with Crippen molar-refractivity contribution in [3.8, 4) is 11.5 Å². The number of nitrogens with two attached hydrogens (primary N) is 1. The highest BCUT2D eigenvalue weighted by atomic mass is 79.9. The van der Waals surface area contributed by atoms with Crippen LogP contribution in [0.4, 0.5) is 5.69 Å². The summed E-state index contributed by atoms with van der Waals surface area (Å²) in [6, 6.07) is 12.1. The Morgan fingerprint density at radius 3 is 2.67 bits per heavy atom. The first-order chi connectivity index (χ1) is 10.2. The van der Waals surface area contributed by atoms with Gasteiger partial charge in [0.15, 0.2) is 11.5 Å². The van der Waals surface area contributed by atoms with Gasteiger partial charge in [-0.1, -0.05) is 22.0 Å². The molecule has 0 aromatic heterocycles. The predicted molar refractivity (Wildman–Crippen MR) is 90.2 cm³/mol. The van der Waals surface area contributed by atoms with Crippen LogP contribution in [0, 0.1) is 0 Å². The first kappa shape index (κ1) is 14.6. The summed E-state index contributed by atoms with van der Waals surface area (Å²) >= 11 is 5.17. The molecule has 21 heavy (non-hydrogen) atoms. The SMILES string of the molecule is Nc1cc(Br)ccc1CSc1ccc2c(c1)OCCCO2. The zero-order valence-corrected chi connectivity index (χ0v) is 13.9. The highest BCUT2D eigenvalue weighted by Crippen LogP contribution is 2.35. The monoisotopic (exact) mass is 365 g/mol. The third kappa shape index (κ3) is 3.66. The number of nitrogen functional groups attached to an aromatic ring is 1. The number of ether oxygens (including phenoxy) is 2. The van der Waals surface area contributed by atoms with E-state index in [1.165, 1.54) is 0 Å². The Bertz CT molecular complexity index is 648. The molecule has 0 unspecified atom stereocenters. The Kier molecular flexibility index (Phi) is 4.60. The van der Waals surface area contributed by atoms with Crippen LogP contribution in [0.2, 0.25) is 0 Å². The van der Waals surface area contributed by atoms with Gasteiger partial charge in [-0.25, -0.2) is 0 Å². The molecule has 0 saturated heterocycles. The Morgan fingerprint density at radius 1 is 1.05 bits per heavy atom. The molecule has 0 saturated carbocycles. The second-order valence-corrected chi connectivity index (χ2v) is 6.76. The van der Waals surface area contributed by atoms with E-state index in [0.717, 1.165) is 50.9 Å². The van der Waals surface area contributed by atoms with Crippen molar-refractivity contribution in [1.82, 2.24) is 0 Å². The molecule has 0 bridgehead atoms. The molecule has 0 aliphatic carbocycles. The second kappa shape index (κ2) is 6.62. The van der Waals surface area contributed by atoms with Gasteiger partial charge in [-0.3, -0.25) is 0 Å². The Hall–Kier alpha value is -1.33. The number of hydrogen-bond acceptors (Lipinski definition) is 4. The largest absolute Gasteiger partial charge is 0.490 e. The number of anilines is 1. The van der Waals surface area contributed by atoms with Gasteiger partial charge in [-0.15, -0.1) is 11.8 Å². The molecule has 2 aromatic carbocycles. The molecular weight excluding hydrogens is 350 g/mol. The zero-order chi connectivity index (χ0) is 14.7. The fourth-order valence-corrected chi connectivity index (χ4v) is 3.41. The summed E-state index contributed by atoms with van der Waals surface area (Å²) in [4.78, 5) is 1.15. The summed E-state index contributed by atoms with van der Waals surface area (Å²) in [7, 11) is 0. The van der Waals surface area contributed by atoms with Crippen molar-refractivity contribution < 1.29 is 9.47 Å². The van der Waals surface area contributed by atoms with Gasteiger partial charge >= 0.3 is 0 Å². The van der Waals surface area contributed by atoms with Crippen molar-refractivity contribution in [2.45, 2.75) is 17.1 Å². The maximum Gasteiger partial charge on any atom is 0.162 e. The van der Waals surface area contributed by atoms with Crippen molar-refractivity contribution in [3.63, 3.8) is 0 Å². The van der Waals surface area contributed by atoms with E-state index in [-0.39, 0.29) is 0 Å². The van der Waals surface area contributed by atoms with Crippen LogP contribution in [-0.4, -0.2) is 13.2 Å². The second-order valence-electron chi connectivity index (χ2n) is 4.79. The quantitative estimate of drug-likeness (QED) is 0.642. The maximum absolute atomic E-state index is 6.03. The van der Waals surface area contributed by atoms with Gasteiger partial charge in [0, 0.05) is 27.2 Å². The minimum absolute atomic E-state index is 0.709. The molecule has 3 rings (SSSR count). The van der Waals surface area contributed by atoms with Crippen LogP contribution in [0.25, 0.3) is 0 Å². The van der Waals surface area contributed by atoms with Crippen molar-refractivity contribution >= 4 is 33.4 Å². The highest BCUT2D eigenvalue weighted by Gasteiger charge is 2.11. The number of fused-ring (bicyclic) bond motifs is 1. The van der Waals surface area contributed by atoms with Crippen LogP contribution in [-0.2, 0) is 5.75 Å². The van der Waals surface area contributed by atoms with Crippen LogP contribution in [0.15, 0.2) is 45.8 Å². The van der Waals surface area contributed by atoms with Crippen molar-refractivity contribution in [3.05, 3.63) is 46.4 Å². The third-order valence-corrected chi connectivity index (χ3v) is 4.76. The molecule has 5 heteroatoms. The molecule has 0 fully saturated rings. The van der Waals surface area contributed by atoms with E-state index in [4.69, 9.17) is 15.2 Å². The summed E-state index contributed by atoms with van der Waals surface area (Å²) in [6.07, 6.45) is 0.923. The number of benzene rings is 2. The molecule has 3 nitrogen and oxygen atoms in total. The molecule has 0 spiro atoms. The van der Waals surface area contributed by atoms with Crippen LogP contribution < -0.4 is 15.2 Å². The van der Waals surface area contributed by atoms with E-state index in [1.807, 2.05) is 24.3 Å². The van der Waals surface area contributed by atoms with E-state index >= 15 is 0 Å². The van der Waals surface area contributed by atoms with Crippen molar-refractivity contribution in [2.24, 2.45) is 0 Å². The average molecular weight is 366 g/mol. The summed E-state index contributed by atoms with van der Waals surface area (Å²) in [5.74, 6) is 2.50. The average Bonchev–Trinajstić information content (AvgIpc) is 2.71. The third-order valence-electron chi connectivity index (χ3n) is 3.22. The van der Waals surface area contributed by atoms with Gasteiger partial charge in [-0.2, -0.15) is 0 Å². The number of rotatable bonds is 3. The van der Waals surface area contributed by atoms with Gasteiger partial charge < -0.3 is 15.2 Å². The minimum atomic E-state index is 0.709. The Balaban J connectivity index is 1.72. The summed E-state index contributed by atoms with van der Waals surface area (Å²) in [5.41, 5.74) is 7.97. The highest BCUT2D eigenvalue weighted by molar-refractivity contribution is 9.10.